The minimum Gasteiger partial charge on any atom is -0.451 e. The third kappa shape index (κ3) is 3.83. The third-order valence-corrected chi connectivity index (χ3v) is 5.22. The molecule has 7 heteroatoms. The molecular formula is C21H24N2O5. The molecule has 0 saturated carbocycles. The summed E-state index contributed by atoms with van der Waals surface area (Å²) in [5, 5.41) is 2.68. The van der Waals surface area contributed by atoms with Crippen molar-refractivity contribution in [2.24, 2.45) is 11.8 Å². The Hall–Kier alpha value is -2.96. The number of amides is 3. The van der Waals surface area contributed by atoms with Gasteiger partial charge in [-0.25, -0.2) is 4.79 Å². The Morgan fingerprint density at radius 1 is 1.11 bits per heavy atom. The largest absolute Gasteiger partial charge is 0.451 e. The van der Waals surface area contributed by atoms with Crippen LogP contribution in [0, 0.1) is 18.8 Å². The number of rotatable bonds is 5. The monoisotopic (exact) mass is 384 g/mol. The van der Waals surface area contributed by atoms with Crippen LogP contribution in [0.2, 0.25) is 0 Å². The summed E-state index contributed by atoms with van der Waals surface area (Å²) in [4.78, 5) is 50.9. The highest BCUT2D eigenvalue weighted by molar-refractivity contribution is 6.08. The van der Waals surface area contributed by atoms with Gasteiger partial charge in [-0.1, -0.05) is 24.3 Å². The van der Waals surface area contributed by atoms with E-state index in [0.717, 1.165) is 10.5 Å². The first-order valence-corrected chi connectivity index (χ1v) is 9.39. The van der Waals surface area contributed by atoms with Crippen molar-refractivity contribution in [2.75, 3.05) is 5.32 Å². The van der Waals surface area contributed by atoms with Crippen molar-refractivity contribution < 1.29 is 23.9 Å². The van der Waals surface area contributed by atoms with Gasteiger partial charge in [-0.3, -0.25) is 19.3 Å². The Morgan fingerprint density at radius 2 is 1.71 bits per heavy atom. The third-order valence-electron chi connectivity index (χ3n) is 5.22. The number of aryl methyl sites for hydroxylation is 1. The van der Waals surface area contributed by atoms with Gasteiger partial charge >= 0.3 is 5.97 Å². The molecule has 1 heterocycles. The van der Waals surface area contributed by atoms with Gasteiger partial charge in [-0.05, 0) is 51.3 Å². The number of nitrogens with zero attached hydrogens (tertiary/aromatic N) is 1. The molecule has 0 spiro atoms. The van der Waals surface area contributed by atoms with E-state index < -0.39 is 35.9 Å². The van der Waals surface area contributed by atoms with Crippen molar-refractivity contribution in [1.82, 2.24) is 4.90 Å². The number of allylic oxidation sites excluding steroid dienone is 2. The Labute approximate surface area is 163 Å². The Morgan fingerprint density at radius 3 is 2.29 bits per heavy atom. The number of hydrogen-bond donors (Lipinski definition) is 1. The van der Waals surface area contributed by atoms with Gasteiger partial charge in [0.1, 0.15) is 6.04 Å². The number of esters is 1. The molecule has 0 radical (unpaired) electrons. The van der Waals surface area contributed by atoms with Crippen LogP contribution < -0.4 is 5.32 Å². The Bertz CT molecular complexity index is 821. The van der Waals surface area contributed by atoms with Crippen LogP contribution >= 0.6 is 0 Å². The maximum Gasteiger partial charge on any atom is 0.329 e. The maximum atomic E-state index is 12.6. The molecule has 1 fully saturated rings. The topological polar surface area (TPSA) is 92.8 Å². The number of nitrogens with one attached hydrogen (secondary N) is 1. The lowest BCUT2D eigenvalue weighted by Gasteiger charge is -2.23. The van der Waals surface area contributed by atoms with Gasteiger partial charge in [-0.2, -0.15) is 0 Å². The average Bonchev–Trinajstić information content (AvgIpc) is 2.92. The second-order valence-corrected chi connectivity index (χ2v) is 7.32. The molecule has 0 unspecified atom stereocenters. The van der Waals surface area contributed by atoms with E-state index in [4.69, 9.17) is 4.74 Å². The van der Waals surface area contributed by atoms with E-state index in [9.17, 15) is 19.2 Å². The van der Waals surface area contributed by atoms with Crippen LogP contribution in [-0.2, 0) is 23.9 Å². The fraction of sp³-hybridized carbons (Fsp3) is 0.429. The predicted octanol–water partition coefficient (Wildman–Crippen LogP) is 2.20. The molecule has 4 atom stereocenters. The normalized spacial score (nSPS) is 23.2. The summed E-state index contributed by atoms with van der Waals surface area (Å²) >= 11 is 0. The summed E-state index contributed by atoms with van der Waals surface area (Å²) in [5.74, 6) is -2.77. The van der Waals surface area contributed by atoms with Crippen molar-refractivity contribution in [3.63, 3.8) is 0 Å². The van der Waals surface area contributed by atoms with Gasteiger partial charge in [0.15, 0.2) is 6.10 Å². The van der Waals surface area contributed by atoms with E-state index in [2.05, 4.69) is 5.32 Å². The lowest BCUT2D eigenvalue weighted by molar-refractivity contribution is -0.163. The highest BCUT2D eigenvalue weighted by atomic mass is 16.5. The van der Waals surface area contributed by atoms with Gasteiger partial charge < -0.3 is 10.1 Å². The summed E-state index contributed by atoms with van der Waals surface area (Å²) in [6.45, 7) is 4.80. The molecule has 2 aliphatic rings. The van der Waals surface area contributed by atoms with Crippen molar-refractivity contribution in [1.29, 1.82) is 0 Å². The summed E-state index contributed by atoms with van der Waals surface area (Å²) in [7, 11) is 0. The van der Waals surface area contributed by atoms with E-state index in [1.54, 1.807) is 12.1 Å². The fourth-order valence-corrected chi connectivity index (χ4v) is 3.61. The number of imide groups is 1. The standard InChI is InChI=1S/C21H24N2O5/c1-12-7-6-8-15(11-12)22-18(24)14(3)28-21(27)13(2)23-19(25)16-9-4-5-10-17(16)20(23)26/h4-8,11,13-14,16-17H,9-10H2,1-3H3,(H,22,24)/t13-,14-,16-,17-/m0/s1. The van der Waals surface area contributed by atoms with Crippen LogP contribution in [-0.4, -0.2) is 40.7 Å². The van der Waals surface area contributed by atoms with E-state index in [1.807, 2.05) is 31.2 Å². The first-order valence-electron chi connectivity index (χ1n) is 9.39. The summed E-state index contributed by atoms with van der Waals surface area (Å²) < 4.78 is 5.23. The van der Waals surface area contributed by atoms with Crippen molar-refractivity contribution >= 4 is 29.4 Å². The smallest absolute Gasteiger partial charge is 0.329 e. The van der Waals surface area contributed by atoms with Crippen molar-refractivity contribution in [3.05, 3.63) is 42.0 Å². The zero-order valence-corrected chi connectivity index (χ0v) is 16.2. The Kier molecular flexibility index (Phi) is 5.63. The molecule has 0 aromatic heterocycles. The van der Waals surface area contributed by atoms with Crippen LogP contribution in [0.15, 0.2) is 36.4 Å². The van der Waals surface area contributed by atoms with E-state index in [0.29, 0.717) is 18.5 Å². The summed E-state index contributed by atoms with van der Waals surface area (Å²) in [6, 6.07) is 6.17. The summed E-state index contributed by atoms with van der Waals surface area (Å²) in [6.07, 6.45) is 3.71. The molecule has 1 aromatic carbocycles. The van der Waals surface area contributed by atoms with Crippen LogP contribution in [0.25, 0.3) is 0 Å². The number of anilines is 1. The first-order chi connectivity index (χ1) is 13.3. The molecule has 1 aliphatic carbocycles. The van der Waals surface area contributed by atoms with Crippen LogP contribution in [0.5, 0.6) is 0 Å². The lowest BCUT2D eigenvalue weighted by atomic mass is 9.85. The number of carbonyl (C=O) groups is 4. The quantitative estimate of drug-likeness (QED) is 0.477. The maximum absolute atomic E-state index is 12.6. The Balaban J connectivity index is 1.61. The number of carbonyl (C=O) groups excluding carboxylic acids is 4. The van der Waals surface area contributed by atoms with Gasteiger partial charge in [-0.15, -0.1) is 0 Å². The minimum atomic E-state index is -1.07. The van der Waals surface area contributed by atoms with E-state index in [-0.39, 0.29) is 11.8 Å². The molecule has 1 saturated heterocycles. The fourth-order valence-electron chi connectivity index (χ4n) is 3.61. The van der Waals surface area contributed by atoms with Crippen molar-refractivity contribution in [2.45, 2.75) is 45.8 Å². The second-order valence-electron chi connectivity index (χ2n) is 7.32. The molecule has 28 heavy (non-hydrogen) atoms. The molecule has 0 bridgehead atoms. The van der Waals surface area contributed by atoms with Gasteiger partial charge in [0.25, 0.3) is 5.91 Å². The number of likely N-dealkylation sites (tertiary alicyclic amines) is 1. The molecule has 1 aliphatic heterocycles. The van der Waals surface area contributed by atoms with E-state index in [1.165, 1.54) is 13.8 Å². The minimum absolute atomic E-state index is 0.347. The number of fused-ring (bicyclic) bond motifs is 1. The van der Waals surface area contributed by atoms with Crippen LogP contribution in [0.4, 0.5) is 5.69 Å². The van der Waals surface area contributed by atoms with Crippen LogP contribution in [0.3, 0.4) is 0 Å². The second kappa shape index (κ2) is 7.96. The lowest BCUT2D eigenvalue weighted by Crippen LogP contribution is -2.46. The predicted molar refractivity (Wildman–Crippen MR) is 102 cm³/mol. The SMILES string of the molecule is Cc1cccc(NC(=O)[C@H](C)OC(=O)[C@H](C)N2C(=O)[C@H]3CC=CC[C@@H]3C2=O)c1. The average molecular weight is 384 g/mol. The summed E-state index contributed by atoms with van der Waals surface area (Å²) in [5.41, 5.74) is 1.58. The molecule has 1 N–H and O–H groups in total. The van der Waals surface area contributed by atoms with E-state index >= 15 is 0 Å². The van der Waals surface area contributed by atoms with Crippen LogP contribution in [0.1, 0.15) is 32.3 Å². The van der Waals surface area contributed by atoms with Crippen molar-refractivity contribution in [3.8, 4) is 0 Å². The number of ether oxygens (including phenoxy) is 1. The molecule has 1 aromatic rings. The zero-order chi connectivity index (χ0) is 20.4. The molecule has 3 amide bonds. The zero-order valence-electron chi connectivity index (χ0n) is 16.2. The molecule has 3 rings (SSSR count). The highest BCUT2D eigenvalue weighted by Crippen LogP contribution is 2.36. The molecule has 7 nitrogen and oxygen atoms in total. The molecule has 148 valence electrons. The highest BCUT2D eigenvalue weighted by Gasteiger charge is 2.50. The van der Waals surface area contributed by atoms with Gasteiger partial charge in [0.05, 0.1) is 11.8 Å². The number of benzene rings is 1. The number of hydrogen-bond acceptors (Lipinski definition) is 5. The molecular weight excluding hydrogens is 360 g/mol. The van der Waals surface area contributed by atoms with Gasteiger partial charge in [0.2, 0.25) is 11.8 Å². The first kappa shape index (κ1) is 19.8. The van der Waals surface area contributed by atoms with Gasteiger partial charge in [0, 0.05) is 5.69 Å².